The molecule has 4 heteroatoms. The lowest BCUT2D eigenvalue weighted by Crippen LogP contribution is -2.31. The first-order valence-corrected chi connectivity index (χ1v) is 19.7. The first kappa shape index (κ1) is 33.4. The summed E-state index contributed by atoms with van der Waals surface area (Å²) < 4.78 is 1.08. The van der Waals surface area contributed by atoms with Crippen LogP contribution in [-0.4, -0.2) is 4.83 Å². The van der Waals surface area contributed by atoms with Gasteiger partial charge in [0, 0.05) is 43.4 Å². The molecule has 0 amide bonds. The molecular weight excluding hydrogens is 776 g/mol. The van der Waals surface area contributed by atoms with E-state index in [1.165, 1.54) is 33.4 Å². The van der Waals surface area contributed by atoms with Crippen LogP contribution in [0.4, 0.5) is 34.1 Å². The Hall–Kier alpha value is -5.42. The average molecular weight is 813 g/mol. The van der Waals surface area contributed by atoms with Crippen molar-refractivity contribution in [3.63, 3.8) is 0 Å². The smallest absolute Gasteiger partial charge is 0.0677 e. The fraction of sp³-hybridized carbons (Fsp3) is 0.0612. The van der Waals surface area contributed by atoms with E-state index < -0.39 is 5.41 Å². The number of anilines is 6. The zero-order chi connectivity index (χ0) is 35.8. The molecule has 7 aromatic rings. The van der Waals surface area contributed by atoms with Crippen molar-refractivity contribution in [2.24, 2.45) is 0 Å². The zero-order valence-corrected chi connectivity index (χ0v) is 32.2. The Morgan fingerprint density at radius 1 is 0.472 bits per heavy atom. The molecule has 0 aromatic heterocycles. The van der Waals surface area contributed by atoms with E-state index in [2.05, 4.69) is 242 Å². The molecule has 2 aliphatic rings. The van der Waals surface area contributed by atoms with E-state index in [1.807, 2.05) is 0 Å². The zero-order valence-electron chi connectivity index (χ0n) is 29.0. The first-order chi connectivity index (χ1) is 26.1. The van der Waals surface area contributed by atoms with Gasteiger partial charge in [-0.3, -0.25) is 0 Å². The number of allylic oxidation sites excluding steroid dienone is 4. The number of halogens is 2. The number of hydrogen-bond donors (Lipinski definition) is 0. The Labute approximate surface area is 328 Å². The molecule has 0 radical (unpaired) electrons. The molecule has 1 atom stereocenters. The minimum Gasteiger partial charge on any atom is -0.311 e. The Kier molecular flexibility index (Phi) is 8.95. The second kappa shape index (κ2) is 14.2. The van der Waals surface area contributed by atoms with Gasteiger partial charge in [-0.25, -0.2) is 0 Å². The van der Waals surface area contributed by atoms with E-state index in [0.29, 0.717) is 0 Å². The molecule has 0 heterocycles. The minimum absolute atomic E-state index is 0.246. The van der Waals surface area contributed by atoms with Crippen molar-refractivity contribution in [2.75, 3.05) is 9.80 Å². The molecule has 0 aliphatic heterocycles. The van der Waals surface area contributed by atoms with Crippen molar-refractivity contribution in [1.29, 1.82) is 0 Å². The number of hydrogen-bond acceptors (Lipinski definition) is 2. The molecule has 0 saturated carbocycles. The van der Waals surface area contributed by atoms with Gasteiger partial charge in [0.15, 0.2) is 0 Å². The summed E-state index contributed by atoms with van der Waals surface area (Å²) in [5, 5.41) is 0. The molecule has 2 aliphatic carbocycles. The molecule has 53 heavy (non-hydrogen) atoms. The van der Waals surface area contributed by atoms with Gasteiger partial charge in [0.2, 0.25) is 0 Å². The van der Waals surface area contributed by atoms with E-state index in [4.69, 9.17) is 0 Å². The normalized spacial score (nSPS) is 15.5. The van der Waals surface area contributed by atoms with E-state index in [1.54, 1.807) is 0 Å². The van der Waals surface area contributed by atoms with Gasteiger partial charge in [0.1, 0.15) is 0 Å². The van der Waals surface area contributed by atoms with Gasteiger partial charge in [0.05, 0.1) is 5.41 Å². The number of benzene rings is 7. The highest BCUT2D eigenvalue weighted by molar-refractivity contribution is 9.10. The summed E-state index contributed by atoms with van der Waals surface area (Å²) >= 11 is 7.88. The Bertz CT molecular complexity index is 2220. The van der Waals surface area contributed by atoms with Gasteiger partial charge in [-0.1, -0.05) is 147 Å². The third-order valence-corrected chi connectivity index (χ3v) is 11.6. The highest BCUT2D eigenvalue weighted by Gasteiger charge is 2.48. The molecule has 256 valence electrons. The molecular formula is C49H36Br2N2. The summed E-state index contributed by atoms with van der Waals surface area (Å²) in [7, 11) is 0. The summed E-state index contributed by atoms with van der Waals surface area (Å²) in [6.07, 6.45) is 5.53. The van der Waals surface area contributed by atoms with Crippen LogP contribution in [0.25, 0.3) is 5.57 Å². The van der Waals surface area contributed by atoms with Gasteiger partial charge in [-0.2, -0.15) is 0 Å². The monoisotopic (exact) mass is 810 g/mol. The van der Waals surface area contributed by atoms with Crippen molar-refractivity contribution >= 4 is 71.6 Å². The quantitative estimate of drug-likeness (QED) is 0.141. The summed E-state index contributed by atoms with van der Waals surface area (Å²) in [6.45, 7) is 0. The van der Waals surface area contributed by atoms with Crippen molar-refractivity contribution in [3.8, 4) is 0 Å². The van der Waals surface area contributed by atoms with Crippen LogP contribution in [0.3, 0.4) is 0 Å². The largest absolute Gasteiger partial charge is 0.311 e. The van der Waals surface area contributed by atoms with Crippen LogP contribution in [0.2, 0.25) is 0 Å². The number of fused-ring (bicyclic) bond motifs is 2. The fourth-order valence-electron chi connectivity index (χ4n) is 8.26. The number of alkyl halides is 1. The molecule has 0 saturated heterocycles. The standard InChI is InChI=1S/C49H36Br2N2/c50-37-25-31-45-46-32-26-38(51)34-48(46)49(47(45)33-37,35-21-27-43(28-22-35)52(39-13-5-1-6-14-39)40-15-7-2-8-16-40)36-23-29-44(30-24-36)53(41-17-9-3-10-18-41)42-19-11-4-12-20-42/h1-33,38H,34H2. The van der Waals surface area contributed by atoms with Crippen LogP contribution in [0.15, 0.2) is 210 Å². The summed E-state index contributed by atoms with van der Waals surface area (Å²) in [5.74, 6) is 0. The van der Waals surface area contributed by atoms with Crippen LogP contribution in [0, 0.1) is 0 Å². The lowest BCUT2D eigenvalue weighted by Gasteiger charge is -2.38. The summed E-state index contributed by atoms with van der Waals surface area (Å²) in [5.41, 5.74) is 14.0. The van der Waals surface area contributed by atoms with Crippen LogP contribution < -0.4 is 9.80 Å². The highest BCUT2D eigenvalue weighted by atomic mass is 79.9. The van der Waals surface area contributed by atoms with Gasteiger partial charge in [0.25, 0.3) is 0 Å². The van der Waals surface area contributed by atoms with Crippen molar-refractivity contribution in [3.05, 3.63) is 233 Å². The number of para-hydroxylation sites is 4. The molecule has 0 N–H and O–H groups in total. The van der Waals surface area contributed by atoms with Crippen molar-refractivity contribution in [2.45, 2.75) is 16.7 Å². The SMILES string of the molecule is Brc1ccc2c(c1)C(c1ccc(N(c3ccccc3)c3ccccc3)cc1)(c1ccc(N(c3ccccc3)c3ccccc3)cc1)C1=C2C=CC(Br)C1. The van der Waals surface area contributed by atoms with Gasteiger partial charge in [-0.05, 0) is 125 Å². The van der Waals surface area contributed by atoms with Gasteiger partial charge >= 0.3 is 0 Å². The molecule has 9 rings (SSSR count). The number of nitrogens with zero attached hydrogens (tertiary/aromatic N) is 2. The molecule has 7 aromatic carbocycles. The number of rotatable bonds is 8. The molecule has 0 bridgehead atoms. The predicted octanol–water partition coefficient (Wildman–Crippen LogP) is 14.2. The van der Waals surface area contributed by atoms with Gasteiger partial charge in [-0.15, -0.1) is 0 Å². The maximum Gasteiger partial charge on any atom is 0.0677 e. The third kappa shape index (κ3) is 5.96. The van der Waals surface area contributed by atoms with Crippen LogP contribution in [0.5, 0.6) is 0 Å². The summed E-state index contributed by atoms with van der Waals surface area (Å²) in [6, 6.07) is 67.8. The second-order valence-electron chi connectivity index (χ2n) is 13.5. The second-order valence-corrected chi connectivity index (χ2v) is 15.6. The predicted molar refractivity (Wildman–Crippen MR) is 230 cm³/mol. The van der Waals surface area contributed by atoms with Crippen LogP contribution in [-0.2, 0) is 5.41 Å². The van der Waals surface area contributed by atoms with Crippen LogP contribution in [0.1, 0.15) is 28.7 Å². The molecule has 2 nitrogen and oxygen atoms in total. The van der Waals surface area contributed by atoms with Crippen molar-refractivity contribution < 1.29 is 0 Å². The van der Waals surface area contributed by atoms with Crippen molar-refractivity contribution in [1.82, 2.24) is 0 Å². The first-order valence-electron chi connectivity index (χ1n) is 18.0. The Balaban J connectivity index is 1.23. The molecule has 1 unspecified atom stereocenters. The summed E-state index contributed by atoms with van der Waals surface area (Å²) in [4.78, 5) is 4.90. The lowest BCUT2D eigenvalue weighted by atomic mass is 9.65. The third-order valence-electron chi connectivity index (χ3n) is 10.5. The Morgan fingerprint density at radius 3 is 1.28 bits per heavy atom. The lowest BCUT2D eigenvalue weighted by molar-refractivity contribution is 0.701. The topological polar surface area (TPSA) is 6.48 Å². The van der Waals surface area contributed by atoms with Gasteiger partial charge < -0.3 is 9.80 Å². The van der Waals surface area contributed by atoms with E-state index >= 15 is 0 Å². The minimum atomic E-state index is -0.503. The van der Waals surface area contributed by atoms with Crippen LogP contribution >= 0.6 is 31.9 Å². The average Bonchev–Trinajstić information content (AvgIpc) is 3.49. The molecule has 0 fully saturated rings. The maximum absolute atomic E-state index is 4.00. The highest BCUT2D eigenvalue weighted by Crippen LogP contribution is 2.58. The fourth-order valence-corrected chi connectivity index (χ4v) is 9.09. The molecule has 0 spiro atoms. The van der Waals surface area contributed by atoms with E-state index in [9.17, 15) is 0 Å². The maximum atomic E-state index is 4.00. The Morgan fingerprint density at radius 2 is 0.868 bits per heavy atom. The van der Waals surface area contributed by atoms with E-state index in [0.717, 1.165) is 45.0 Å². The van der Waals surface area contributed by atoms with E-state index in [-0.39, 0.29) is 4.83 Å².